The summed E-state index contributed by atoms with van der Waals surface area (Å²) in [6, 6.07) is 2.39. The van der Waals surface area contributed by atoms with Gasteiger partial charge in [-0.05, 0) is 6.07 Å². The number of amides is 1. The number of ether oxygens (including phenoxy) is 2. The number of methoxy groups -OCH3 is 1. The summed E-state index contributed by atoms with van der Waals surface area (Å²) in [4.78, 5) is 30.9. The molecule has 0 radical (unpaired) electrons. The lowest BCUT2D eigenvalue weighted by Gasteiger charge is -2.08. The second-order valence-corrected chi connectivity index (χ2v) is 5.29. The molecule has 0 aliphatic carbocycles. The average molecular weight is 361 g/mol. The zero-order valence-corrected chi connectivity index (χ0v) is 12.9. The Morgan fingerprint density at radius 3 is 2.58 bits per heavy atom. The predicted molar refractivity (Wildman–Crippen MR) is 77.2 cm³/mol. The van der Waals surface area contributed by atoms with Gasteiger partial charge in [0.2, 0.25) is 5.88 Å². The molecule has 0 aliphatic heterocycles. The molecule has 2 aromatic rings. The molecule has 128 valence electrons. The van der Waals surface area contributed by atoms with Gasteiger partial charge >= 0.3 is 12.1 Å². The van der Waals surface area contributed by atoms with Gasteiger partial charge in [-0.3, -0.25) is 10.1 Å². The molecule has 1 amide bonds. The zero-order chi connectivity index (χ0) is 17.7. The van der Waals surface area contributed by atoms with Gasteiger partial charge in [-0.2, -0.15) is 13.2 Å². The van der Waals surface area contributed by atoms with Crippen molar-refractivity contribution in [1.82, 2.24) is 9.97 Å². The first kappa shape index (κ1) is 17.7. The van der Waals surface area contributed by atoms with Crippen molar-refractivity contribution in [2.45, 2.75) is 6.18 Å². The van der Waals surface area contributed by atoms with E-state index in [-0.39, 0.29) is 21.5 Å². The number of hydrogen-bond donors (Lipinski definition) is 1. The summed E-state index contributed by atoms with van der Waals surface area (Å²) in [5.74, 6) is -1.43. The normalized spacial score (nSPS) is 11.0. The summed E-state index contributed by atoms with van der Waals surface area (Å²) in [5, 5.41) is 2.60. The molecule has 7 nitrogen and oxygen atoms in total. The number of nitrogens with zero attached hydrogens (tertiary/aromatic N) is 2. The molecule has 0 aliphatic rings. The first-order chi connectivity index (χ1) is 11.3. The fourth-order valence-electron chi connectivity index (χ4n) is 1.45. The van der Waals surface area contributed by atoms with Crippen molar-refractivity contribution in [3.63, 3.8) is 0 Å². The quantitative estimate of drug-likeness (QED) is 0.823. The molecule has 2 heterocycles. The Labute approximate surface area is 137 Å². The Bertz CT molecular complexity index is 731. The molecule has 0 bridgehead atoms. The maximum absolute atomic E-state index is 12.0. The van der Waals surface area contributed by atoms with Gasteiger partial charge in [0, 0.05) is 12.3 Å². The first-order valence-corrected chi connectivity index (χ1v) is 7.11. The molecule has 2 aromatic heterocycles. The van der Waals surface area contributed by atoms with Gasteiger partial charge in [-0.15, -0.1) is 0 Å². The van der Waals surface area contributed by atoms with Crippen LogP contribution in [0.2, 0.25) is 0 Å². The third kappa shape index (κ3) is 4.91. The van der Waals surface area contributed by atoms with E-state index < -0.39 is 24.7 Å². The van der Waals surface area contributed by atoms with Crippen molar-refractivity contribution in [3.8, 4) is 5.88 Å². The van der Waals surface area contributed by atoms with E-state index in [0.29, 0.717) is 0 Å². The Balaban J connectivity index is 1.97. The lowest BCUT2D eigenvalue weighted by Crippen LogP contribution is -2.19. The second-order valence-electron chi connectivity index (χ2n) is 4.26. The van der Waals surface area contributed by atoms with Crippen molar-refractivity contribution in [2.75, 3.05) is 19.0 Å². The van der Waals surface area contributed by atoms with Crippen LogP contribution in [0.1, 0.15) is 20.0 Å². The molecule has 11 heteroatoms. The lowest BCUT2D eigenvalue weighted by molar-refractivity contribution is -0.154. The summed E-state index contributed by atoms with van der Waals surface area (Å²) < 4.78 is 45.0. The smallest absolute Gasteiger partial charge is 0.422 e. The van der Waals surface area contributed by atoms with Crippen LogP contribution in [0.3, 0.4) is 0 Å². The van der Waals surface area contributed by atoms with Crippen molar-refractivity contribution < 1.29 is 32.2 Å². The highest BCUT2D eigenvalue weighted by molar-refractivity contribution is 7.17. The van der Waals surface area contributed by atoms with E-state index in [1.807, 2.05) is 0 Å². The number of hydrogen-bond acceptors (Lipinski definition) is 7. The number of aromatic nitrogens is 2. The van der Waals surface area contributed by atoms with Crippen LogP contribution < -0.4 is 10.1 Å². The fraction of sp³-hybridized carbons (Fsp3) is 0.231. The summed E-state index contributed by atoms with van der Waals surface area (Å²) >= 11 is 0.915. The summed E-state index contributed by atoms with van der Waals surface area (Å²) in [6.45, 7) is -1.47. The van der Waals surface area contributed by atoms with Crippen LogP contribution in [-0.2, 0) is 4.74 Å². The Kier molecular flexibility index (Phi) is 5.34. The van der Waals surface area contributed by atoms with E-state index in [4.69, 9.17) is 0 Å². The summed E-state index contributed by atoms with van der Waals surface area (Å²) in [5.41, 5.74) is 0.0872. The van der Waals surface area contributed by atoms with E-state index in [1.165, 1.54) is 19.4 Å². The van der Waals surface area contributed by atoms with Crippen LogP contribution in [0.4, 0.5) is 18.3 Å². The summed E-state index contributed by atoms with van der Waals surface area (Å²) in [7, 11) is 1.22. The lowest BCUT2D eigenvalue weighted by atomic mass is 10.3. The summed E-state index contributed by atoms with van der Waals surface area (Å²) in [6.07, 6.45) is -2.16. The van der Waals surface area contributed by atoms with Gasteiger partial charge < -0.3 is 9.47 Å². The Morgan fingerprint density at radius 2 is 2.00 bits per heavy atom. The zero-order valence-electron chi connectivity index (χ0n) is 12.1. The largest absolute Gasteiger partial charge is 0.468 e. The van der Waals surface area contributed by atoms with E-state index in [0.717, 1.165) is 23.6 Å². The van der Waals surface area contributed by atoms with Gasteiger partial charge in [-0.25, -0.2) is 14.8 Å². The minimum absolute atomic E-state index is 0.0872. The minimum Gasteiger partial charge on any atom is -0.468 e. The average Bonchev–Trinajstić information content (AvgIpc) is 3.00. The van der Waals surface area contributed by atoms with E-state index in [1.54, 1.807) is 0 Å². The highest BCUT2D eigenvalue weighted by atomic mass is 32.1. The maximum Gasteiger partial charge on any atom is 0.422 e. The van der Waals surface area contributed by atoms with Crippen molar-refractivity contribution in [2.24, 2.45) is 0 Å². The highest BCUT2D eigenvalue weighted by Crippen LogP contribution is 2.20. The highest BCUT2D eigenvalue weighted by Gasteiger charge is 2.28. The van der Waals surface area contributed by atoms with Gasteiger partial charge in [0.1, 0.15) is 4.88 Å². The molecule has 0 unspecified atom stereocenters. The van der Waals surface area contributed by atoms with Crippen LogP contribution in [0.15, 0.2) is 24.5 Å². The first-order valence-electron chi connectivity index (χ1n) is 6.29. The maximum atomic E-state index is 12.0. The number of halogens is 3. The van der Waals surface area contributed by atoms with Gasteiger partial charge in [0.25, 0.3) is 5.91 Å². The monoisotopic (exact) mass is 361 g/mol. The third-order valence-corrected chi connectivity index (χ3v) is 3.39. The molecule has 2 rings (SSSR count). The SMILES string of the molecule is COC(=O)c1cnc(NC(=O)c2ccc(OCC(F)(F)F)nc2)s1. The minimum atomic E-state index is -4.47. The van der Waals surface area contributed by atoms with Crippen LogP contribution in [-0.4, -0.2) is 41.7 Å². The number of anilines is 1. The Morgan fingerprint density at radius 1 is 1.25 bits per heavy atom. The molecule has 1 N–H and O–H groups in total. The molecule has 0 atom stereocenters. The number of thiazole rings is 1. The number of carbonyl (C=O) groups is 2. The topological polar surface area (TPSA) is 90.4 Å². The van der Waals surface area contributed by atoms with Crippen molar-refractivity contribution >= 4 is 28.3 Å². The standard InChI is InChI=1S/C13H10F3N3O4S/c1-22-11(21)8-5-18-12(24-8)19-10(20)7-2-3-9(17-4-7)23-6-13(14,15)16/h2-5H,6H2,1H3,(H,18,19,20). The van der Waals surface area contributed by atoms with Gasteiger partial charge in [-0.1, -0.05) is 11.3 Å². The number of esters is 1. The van der Waals surface area contributed by atoms with Crippen molar-refractivity contribution in [3.05, 3.63) is 35.0 Å². The molecule has 0 spiro atoms. The van der Waals surface area contributed by atoms with Crippen LogP contribution in [0, 0.1) is 0 Å². The van der Waals surface area contributed by atoms with Crippen LogP contribution in [0.25, 0.3) is 0 Å². The molecule has 0 saturated carbocycles. The molecule has 24 heavy (non-hydrogen) atoms. The molecule has 0 aromatic carbocycles. The Hall–Kier alpha value is -2.69. The number of rotatable bonds is 5. The fourth-order valence-corrected chi connectivity index (χ4v) is 2.18. The van der Waals surface area contributed by atoms with E-state index >= 15 is 0 Å². The number of carbonyl (C=O) groups excluding carboxylic acids is 2. The number of pyridine rings is 1. The van der Waals surface area contributed by atoms with Gasteiger partial charge in [0.15, 0.2) is 11.7 Å². The number of alkyl halides is 3. The van der Waals surface area contributed by atoms with Crippen LogP contribution in [0.5, 0.6) is 5.88 Å². The molecular weight excluding hydrogens is 351 g/mol. The van der Waals surface area contributed by atoms with E-state index in [2.05, 4.69) is 24.8 Å². The molecule has 0 saturated heterocycles. The molecular formula is C13H10F3N3O4S. The molecule has 0 fully saturated rings. The predicted octanol–water partition coefficient (Wildman–Crippen LogP) is 2.52. The van der Waals surface area contributed by atoms with E-state index in [9.17, 15) is 22.8 Å². The number of nitrogens with one attached hydrogen (secondary N) is 1. The second kappa shape index (κ2) is 7.25. The van der Waals surface area contributed by atoms with Crippen LogP contribution >= 0.6 is 11.3 Å². The third-order valence-electron chi connectivity index (χ3n) is 2.49. The van der Waals surface area contributed by atoms with Gasteiger partial charge in [0.05, 0.1) is 18.9 Å². The van der Waals surface area contributed by atoms with Crippen molar-refractivity contribution in [1.29, 1.82) is 0 Å².